The highest BCUT2D eigenvalue weighted by Crippen LogP contribution is 2.36. The number of amides is 1. The van der Waals surface area contributed by atoms with E-state index in [4.69, 9.17) is 9.47 Å². The van der Waals surface area contributed by atoms with E-state index in [2.05, 4.69) is 0 Å². The van der Waals surface area contributed by atoms with Crippen molar-refractivity contribution in [2.24, 2.45) is 5.41 Å². The summed E-state index contributed by atoms with van der Waals surface area (Å²) in [6, 6.07) is 6.41. The van der Waals surface area contributed by atoms with Crippen LogP contribution in [-0.2, 0) is 25.5 Å². The minimum atomic E-state index is -0.917. The van der Waals surface area contributed by atoms with E-state index in [0.29, 0.717) is 24.9 Å². The Bertz CT molecular complexity index is 592. The van der Waals surface area contributed by atoms with Crippen molar-refractivity contribution in [2.75, 3.05) is 33.4 Å². The van der Waals surface area contributed by atoms with Crippen molar-refractivity contribution in [1.29, 1.82) is 0 Å². The number of hydrogen-bond acceptors (Lipinski definition) is 4. The van der Waals surface area contributed by atoms with Crippen molar-refractivity contribution in [1.82, 2.24) is 4.90 Å². The molecule has 0 N–H and O–H groups in total. The molecule has 1 heterocycles. The number of esters is 1. The van der Waals surface area contributed by atoms with E-state index in [1.165, 1.54) is 13.2 Å². The van der Waals surface area contributed by atoms with Crippen LogP contribution < -0.4 is 0 Å². The normalized spacial score (nSPS) is 20.7. The van der Waals surface area contributed by atoms with Crippen LogP contribution in [0.15, 0.2) is 24.3 Å². The number of nitrogens with zero attached hydrogens (tertiary/aromatic N) is 1. The zero-order valence-electron chi connectivity index (χ0n) is 14.2. The molecule has 1 amide bonds. The Labute approximate surface area is 141 Å². The van der Waals surface area contributed by atoms with Crippen LogP contribution in [0.1, 0.15) is 25.3 Å². The molecule has 132 valence electrons. The van der Waals surface area contributed by atoms with Crippen LogP contribution in [0, 0.1) is 11.2 Å². The highest BCUT2D eigenvalue weighted by atomic mass is 19.1. The van der Waals surface area contributed by atoms with Crippen LogP contribution in [0.5, 0.6) is 0 Å². The molecule has 0 radical (unpaired) electrons. The van der Waals surface area contributed by atoms with Crippen LogP contribution in [-0.4, -0.2) is 50.2 Å². The fourth-order valence-corrected chi connectivity index (χ4v) is 3.23. The Kier molecular flexibility index (Phi) is 6.31. The minimum absolute atomic E-state index is 0.0292. The lowest BCUT2D eigenvalue weighted by Crippen LogP contribution is -2.52. The second-order valence-electron chi connectivity index (χ2n) is 6.12. The van der Waals surface area contributed by atoms with Gasteiger partial charge in [-0.05, 0) is 37.8 Å². The van der Waals surface area contributed by atoms with Crippen molar-refractivity contribution in [3.05, 3.63) is 35.6 Å². The number of methoxy groups -OCH3 is 1. The van der Waals surface area contributed by atoms with Crippen molar-refractivity contribution < 1.29 is 23.5 Å². The molecule has 0 aromatic heterocycles. The standard InChI is InChI=1S/C18H24FNO4/c1-3-24-17(22)18(11-14-7-4-5-8-15(14)19)9-6-10-20(13-18)16(21)12-23-2/h4-5,7-8H,3,6,9-13H2,1-2H3/t18-/m1/s1. The molecule has 24 heavy (non-hydrogen) atoms. The monoisotopic (exact) mass is 337 g/mol. The minimum Gasteiger partial charge on any atom is -0.466 e. The zero-order valence-corrected chi connectivity index (χ0v) is 14.2. The lowest BCUT2D eigenvalue weighted by Gasteiger charge is -2.41. The summed E-state index contributed by atoms with van der Waals surface area (Å²) in [6.45, 7) is 2.76. The molecule has 1 atom stereocenters. The third kappa shape index (κ3) is 4.12. The lowest BCUT2D eigenvalue weighted by molar-refractivity contribution is -0.161. The summed E-state index contributed by atoms with van der Waals surface area (Å²) in [7, 11) is 1.46. The van der Waals surface area contributed by atoms with E-state index in [-0.39, 0.29) is 43.9 Å². The maximum absolute atomic E-state index is 14.1. The number of hydrogen-bond donors (Lipinski definition) is 0. The van der Waals surface area contributed by atoms with E-state index in [1.807, 2.05) is 0 Å². The first-order valence-electron chi connectivity index (χ1n) is 8.20. The number of likely N-dealkylation sites (tertiary alicyclic amines) is 1. The first kappa shape index (κ1) is 18.4. The molecule has 0 aliphatic carbocycles. The smallest absolute Gasteiger partial charge is 0.314 e. The lowest BCUT2D eigenvalue weighted by atomic mass is 9.75. The highest BCUT2D eigenvalue weighted by molar-refractivity contribution is 5.81. The molecule has 2 rings (SSSR count). The number of halogens is 1. The average Bonchev–Trinajstić information content (AvgIpc) is 2.57. The van der Waals surface area contributed by atoms with E-state index in [9.17, 15) is 14.0 Å². The molecule has 5 nitrogen and oxygen atoms in total. The number of ether oxygens (including phenoxy) is 2. The van der Waals surface area contributed by atoms with Gasteiger partial charge >= 0.3 is 5.97 Å². The summed E-state index contributed by atoms with van der Waals surface area (Å²) in [5.41, 5.74) is -0.452. The van der Waals surface area contributed by atoms with E-state index >= 15 is 0 Å². The van der Waals surface area contributed by atoms with Crippen LogP contribution in [0.2, 0.25) is 0 Å². The van der Waals surface area contributed by atoms with Crippen molar-refractivity contribution in [3.8, 4) is 0 Å². The topological polar surface area (TPSA) is 55.8 Å². The van der Waals surface area contributed by atoms with Crippen molar-refractivity contribution >= 4 is 11.9 Å². The predicted octanol–water partition coefficient (Wildman–Crippen LogP) is 2.19. The number of piperidine rings is 1. The highest BCUT2D eigenvalue weighted by Gasteiger charge is 2.45. The zero-order chi connectivity index (χ0) is 17.6. The summed E-state index contributed by atoms with van der Waals surface area (Å²) in [5, 5.41) is 0. The van der Waals surface area contributed by atoms with Gasteiger partial charge in [-0.15, -0.1) is 0 Å². The molecule has 0 unspecified atom stereocenters. The Balaban J connectivity index is 2.28. The molecule has 0 spiro atoms. The van der Waals surface area contributed by atoms with Crippen LogP contribution in [0.25, 0.3) is 0 Å². The van der Waals surface area contributed by atoms with Gasteiger partial charge in [-0.2, -0.15) is 0 Å². The Hall–Kier alpha value is -1.95. The number of rotatable bonds is 6. The van der Waals surface area contributed by atoms with E-state index < -0.39 is 5.41 Å². The molecule has 1 aliphatic rings. The third-order valence-corrected chi connectivity index (χ3v) is 4.39. The van der Waals surface area contributed by atoms with Gasteiger partial charge in [-0.1, -0.05) is 18.2 Å². The quantitative estimate of drug-likeness (QED) is 0.747. The summed E-state index contributed by atoms with van der Waals surface area (Å²) in [4.78, 5) is 26.4. The van der Waals surface area contributed by atoms with Crippen LogP contribution in [0.3, 0.4) is 0 Å². The van der Waals surface area contributed by atoms with Gasteiger partial charge in [0, 0.05) is 20.2 Å². The van der Waals surface area contributed by atoms with Crippen LogP contribution in [0.4, 0.5) is 4.39 Å². The van der Waals surface area contributed by atoms with Gasteiger partial charge in [-0.25, -0.2) is 4.39 Å². The van der Waals surface area contributed by atoms with Crippen LogP contribution >= 0.6 is 0 Å². The van der Waals surface area contributed by atoms with E-state index in [0.717, 1.165) is 0 Å². The van der Waals surface area contributed by atoms with Gasteiger partial charge in [0.1, 0.15) is 12.4 Å². The molecular formula is C18H24FNO4. The molecule has 0 saturated carbocycles. The average molecular weight is 337 g/mol. The van der Waals surface area contributed by atoms with Gasteiger partial charge in [0.15, 0.2) is 0 Å². The molecule has 1 aromatic carbocycles. The second kappa shape index (κ2) is 8.24. The molecule has 1 aromatic rings. The van der Waals surface area contributed by atoms with Gasteiger partial charge in [0.25, 0.3) is 0 Å². The first-order chi connectivity index (χ1) is 11.5. The molecular weight excluding hydrogens is 313 g/mol. The second-order valence-corrected chi connectivity index (χ2v) is 6.12. The SMILES string of the molecule is CCOC(=O)[C@@]1(Cc2ccccc2F)CCCN(C(=O)COC)C1. The molecule has 0 bridgehead atoms. The fraction of sp³-hybridized carbons (Fsp3) is 0.556. The fourth-order valence-electron chi connectivity index (χ4n) is 3.23. The van der Waals surface area contributed by atoms with Gasteiger partial charge < -0.3 is 14.4 Å². The maximum Gasteiger partial charge on any atom is 0.314 e. The number of carbonyl (C=O) groups excluding carboxylic acids is 2. The Morgan fingerprint density at radius 2 is 2.08 bits per heavy atom. The van der Waals surface area contributed by atoms with E-state index in [1.54, 1.807) is 30.0 Å². The number of benzene rings is 1. The molecule has 1 aliphatic heterocycles. The largest absolute Gasteiger partial charge is 0.466 e. The summed E-state index contributed by atoms with van der Waals surface area (Å²) in [6.07, 6.45) is 1.45. The third-order valence-electron chi connectivity index (χ3n) is 4.39. The summed E-state index contributed by atoms with van der Waals surface area (Å²) >= 11 is 0. The van der Waals surface area contributed by atoms with Gasteiger partial charge in [-0.3, -0.25) is 9.59 Å². The van der Waals surface area contributed by atoms with Gasteiger partial charge in [0.05, 0.1) is 12.0 Å². The first-order valence-corrected chi connectivity index (χ1v) is 8.20. The number of carbonyl (C=O) groups is 2. The molecule has 1 fully saturated rings. The molecule has 1 saturated heterocycles. The Morgan fingerprint density at radius 3 is 2.75 bits per heavy atom. The Morgan fingerprint density at radius 1 is 1.33 bits per heavy atom. The van der Waals surface area contributed by atoms with Gasteiger partial charge in [0.2, 0.25) is 5.91 Å². The maximum atomic E-state index is 14.1. The molecule has 6 heteroatoms. The van der Waals surface area contributed by atoms with Crippen molar-refractivity contribution in [3.63, 3.8) is 0 Å². The van der Waals surface area contributed by atoms with Crippen molar-refractivity contribution in [2.45, 2.75) is 26.2 Å². The summed E-state index contributed by atoms with van der Waals surface area (Å²) in [5.74, 6) is -0.885. The predicted molar refractivity (Wildman–Crippen MR) is 86.9 cm³/mol. The summed E-state index contributed by atoms with van der Waals surface area (Å²) < 4.78 is 24.2.